The van der Waals surface area contributed by atoms with Crippen LogP contribution in [0.3, 0.4) is 0 Å². The molecule has 0 bridgehead atoms. The molecule has 0 amide bonds. The molecule has 1 aliphatic heterocycles. The standard InChI is InChI=1S/C30H52O5/c1-18-9-10-21-20(13-16-29(21,7)33)26(2,3)19(18)11-12-23-28(6)15-14-24(32)27(4,5)35-25(28)22(31)17-30(23,8)34/h9,19-25,31-34H,10-17H2,1-8H3. The molecule has 4 N–H and O–H groups in total. The Kier molecular flexibility index (Phi) is 6.93. The molecule has 4 rings (SSSR count). The van der Waals surface area contributed by atoms with Gasteiger partial charge in [-0.3, -0.25) is 0 Å². The van der Waals surface area contributed by atoms with Gasteiger partial charge in [-0.25, -0.2) is 0 Å². The fourth-order valence-corrected chi connectivity index (χ4v) is 9.20. The van der Waals surface area contributed by atoms with Crippen molar-refractivity contribution in [1.82, 2.24) is 0 Å². The molecule has 5 nitrogen and oxygen atoms in total. The van der Waals surface area contributed by atoms with Crippen LogP contribution in [0.25, 0.3) is 0 Å². The van der Waals surface area contributed by atoms with E-state index in [2.05, 4.69) is 33.8 Å². The van der Waals surface area contributed by atoms with Crippen molar-refractivity contribution in [2.24, 2.45) is 34.5 Å². The number of aliphatic hydroxyl groups excluding tert-OH is 2. The van der Waals surface area contributed by atoms with Crippen LogP contribution < -0.4 is 0 Å². The van der Waals surface area contributed by atoms with Crippen LogP contribution in [-0.2, 0) is 4.74 Å². The molecule has 0 aromatic heterocycles. The highest BCUT2D eigenvalue weighted by Crippen LogP contribution is 2.59. The molecule has 5 heteroatoms. The number of rotatable bonds is 3. The lowest BCUT2D eigenvalue weighted by Crippen LogP contribution is -2.62. The fraction of sp³-hybridized carbons (Fsp3) is 0.933. The van der Waals surface area contributed by atoms with E-state index in [0.717, 1.165) is 38.5 Å². The van der Waals surface area contributed by atoms with Crippen LogP contribution in [0.15, 0.2) is 11.6 Å². The molecule has 3 aliphatic carbocycles. The Hall–Kier alpha value is -0.460. The molecule has 4 aliphatic rings. The van der Waals surface area contributed by atoms with E-state index in [-0.39, 0.29) is 11.3 Å². The van der Waals surface area contributed by atoms with E-state index < -0.39 is 40.5 Å². The van der Waals surface area contributed by atoms with Crippen LogP contribution in [0.4, 0.5) is 0 Å². The molecule has 10 unspecified atom stereocenters. The van der Waals surface area contributed by atoms with E-state index in [4.69, 9.17) is 4.74 Å². The second-order valence-corrected chi connectivity index (χ2v) is 14.6. The summed E-state index contributed by atoms with van der Waals surface area (Å²) in [7, 11) is 0. The lowest BCUT2D eigenvalue weighted by molar-refractivity contribution is -0.244. The SMILES string of the molecule is CC1=CCC2C(CCC2(C)O)C(C)(C)C1CCC1C(C)(O)CC(O)C2OC(C)(C)C(O)CCC21C. The summed E-state index contributed by atoms with van der Waals surface area (Å²) < 4.78 is 6.46. The summed E-state index contributed by atoms with van der Waals surface area (Å²) in [6.45, 7) is 16.9. The van der Waals surface area contributed by atoms with Crippen molar-refractivity contribution in [2.45, 2.75) is 142 Å². The Labute approximate surface area is 213 Å². The Morgan fingerprint density at radius 2 is 1.54 bits per heavy atom. The minimum absolute atomic E-state index is 0.0427. The minimum atomic E-state index is -1.00. The average Bonchev–Trinajstić information content (AvgIpc) is 2.94. The van der Waals surface area contributed by atoms with Gasteiger partial charge in [-0.1, -0.05) is 32.4 Å². The molecule has 10 atom stereocenters. The van der Waals surface area contributed by atoms with Gasteiger partial charge in [-0.15, -0.1) is 0 Å². The van der Waals surface area contributed by atoms with E-state index >= 15 is 0 Å². The van der Waals surface area contributed by atoms with Crippen LogP contribution in [-0.4, -0.2) is 55.5 Å². The Bertz CT molecular complexity index is 827. The van der Waals surface area contributed by atoms with E-state index in [1.807, 2.05) is 27.7 Å². The molecule has 0 spiro atoms. The van der Waals surface area contributed by atoms with Crippen molar-refractivity contribution in [1.29, 1.82) is 0 Å². The summed E-state index contributed by atoms with van der Waals surface area (Å²) >= 11 is 0. The van der Waals surface area contributed by atoms with Crippen molar-refractivity contribution >= 4 is 0 Å². The highest BCUT2D eigenvalue weighted by atomic mass is 16.5. The van der Waals surface area contributed by atoms with Crippen molar-refractivity contribution in [3.05, 3.63) is 11.6 Å². The third kappa shape index (κ3) is 4.56. The maximum Gasteiger partial charge on any atom is 0.0900 e. The number of allylic oxidation sites excluding steroid dienone is 2. The van der Waals surface area contributed by atoms with Gasteiger partial charge in [0.05, 0.1) is 35.1 Å². The summed E-state index contributed by atoms with van der Waals surface area (Å²) in [4.78, 5) is 0. The largest absolute Gasteiger partial charge is 0.390 e. The van der Waals surface area contributed by atoms with Crippen molar-refractivity contribution in [3.63, 3.8) is 0 Å². The van der Waals surface area contributed by atoms with Gasteiger partial charge in [-0.05, 0) is 109 Å². The molecule has 0 aromatic carbocycles. The second kappa shape index (κ2) is 8.80. The fourth-order valence-electron chi connectivity index (χ4n) is 9.20. The average molecular weight is 493 g/mol. The Balaban J connectivity index is 1.62. The molecule has 2 saturated carbocycles. The summed E-state index contributed by atoms with van der Waals surface area (Å²) in [5, 5.41) is 44.6. The van der Waals surface area contributed by atoms with Crippen LogP contribution in [0, 0.1) is 34.5 Å². The monoisotopic (exact) mass is 492 g/mol. The van der Waals surface area contributed by atoms with Gasteiger partial charge in [0.15, 0.2) is 0 Å². The molecular formula is C30H52O5. The van der Waals surface area contributed by atoms with Gasteiger partial charge in [0, 0.05) is 11.8 Å². The number of aliphatic hydroxyl groups is 4. The lowest BCUT2D eigenvalue weighted by atomic mass is 9.54. The highest BCUT2D eigenvalue weighted by molar-refractivity contribution is 5.17. The summed E-state index contributed by atoms with van der Waals surface area (Å²) in [6, 6.07) is 0. The number of fused-ring (bicyclic) bond motifs is 2. The zero-order valence-corrected chi connectivity index (χ0v) is 23.5. The number of hydrogen-bond acceptors (Lipinski definition) is 5. The highest BCUT2D eigenvalue weighted by Gasteiger charge is 2.60. The second-order valence-electron chi connectivity index (χ2n) is 14.6. The van der Waals surface area contributed by atoms with Gasteiger partial charge in [0.2, 0.25) is 0 Å². The van der Waals surface area contributed by atoms with E-state index in [1.54, 1.807) is 0 Å². The first-order valence-corrected chi connectivity index (χ1v) is 14.1. The number of hydrogen-bond donors (Lipinski definition) is 4. The zero-order chi connectivity index (χ0) is 26.2. The first-order valence-electron chi connectivity index (χ1n) is 14.1. The molecule has 35 heavy (non-hydrogen) atoms. The molecule has 1 saturated heterocycles. The topological polar surface area (TPSA) is 90.2 Å². The van der Waals surface area contributed by atoms with Gasteiger partial charge < -0.3 is 25.2 Å². The molecule has 3 fully saturated rings. The van der Waals surface area contributed by atoms with Crippen molar-refractivity contribution < 1.29 is 25.2 Å². The molecule has 202 valence electrons. The summed E-state index contributed by atoms with van der Waals surface area (Å²) in [5.74, 6) is 1.11. The molecule has 0 radical (unpaired) electrons. The summed E-state index contributed by atoms with van der Waals surface area (Å²) in [5.41, 5.74) is -1.29. The van der Waals surface area contributed by atoms with Crippen molar-refractivity contribution in [3.8, 4) is 0 Å². The summed E-state index contributed by atoms with van der Waals surface area (Å²) in [6.07, 6.45) is 6.91. The first kappa shape index (κ1) is 27.6. The van der Waals surface area contributed by atoms with Crippen LogP contribution >= 0.6 is 0 Å². The van der Waals surface area contributed by atoms with Crippen LogP contribution in [0.1, 0.15) is 107 Å². The number of ether oxygens (including phenoxy) is 1. The third-order valence-corrected chi connectivity index (χ3v) is 11.4. The van der Waals surface area contributed by atoms with Gasteiger partial charge in [0.1, 0.15) is 0 Å². The lowest BCUT2D eigenvalue weighted by Gasteiger charge is -2.56. The predicted molar refractivity (Wildman–Crippen MR) is 139 cm³/mol. The third-order valence-electron chi connectivity index (χ3n) is 11.4. The Morgan fingerprint density at radius 3 is 2.20 bits per heavy atom. The minimum Gasteiger partial charge on any atom is -0.390 e. The molecule has 0 aromatic rings. The van der Waals surface area contributed by atoms with Crippen LogP contribution in [0.2, 0.25) is 0 Å². The normalized spacial score (nSPS) is 51.5. The Morgan fingerprint density at radius 1 is 0.886 bits per heavy atom. The van der Waals surface area contributed by atoms with E-state index in [9.17, 15) is 20.4 Å². The quantitative estimate of drug-likeness (QED) is 0.417. The van der Waals surface area contributed by atoms with Crippen molar-refractivity contribution in [2.75, 3.05) is 0 Å². The van der Waals surface area contributed by atoms with Gasteiger partial charge in [-0.2, -0.15) is 0 Å². The first-order chi connectivity index (χ1) is 15.9. The van der Waals surface area contributed by atoms with Gasteiger partial charge >= 0.3 is 0 Å². The molecular weight excluding hydrogens is 440 g/mol. The zero-order valence-electron chi connectivity index (χ0n) is 23.5. The maximum atomic E-state index is 11.7. The predicted octanol–water partition coefficient (Wildman–Crippen LogP) is 4.99. The smallest absolute Gasteiger partial charge is 0.0900 e. The van der Waals surface area contributed by atoms with Crippen LogP contribution in [0.5, 0.6) is 0 Å². The van der Waals surface area contributed by atoms with E-state index in [1.165, 1.54) is 5.57 Å². The molecule has 1 heterocycles. The van der Waals surface area contributed by atoms with E-state index in [0.29, 0.717) is 30.6 Å². The van der Waals surface area contributed by atoms with Gasteiger partial charge in [0.25, 0.3) is 0 Å². The maximum absolute atomic E-state index is 11.7.